The summed E-state index contributed by atoms with van der Waals surface area (Å²) in [4.78, 5) is 39.0. The van der Waals surface area contributed by atoms with Crippen LogP contribution in [0.25, 0.3) is 17.0 Å². The van der Waals surface area contributed by atoms with E-state index in [-0.39, 0.29) is 16.8 Å². The van der Waals surface area contributed by atoms with Gasteiger partial charge in [-0.15, -0.1) is 0 Å². The maximum absolute atomic E-state index is 12.5. The summed E-state index contributed by atoms with van der Waals surface area (Å²) in [7, 11) is 0. The predicted octanol–water partition coefficient (Wildman–Crippen LogP) is 3.94. The maximum atomic E-state index is 12.5. The maximum Gasteiger partial charge on any atom is 0.330 e. The Morgan fingerprint density at radius 1 is 1.06 bits per heavy atom. The Morgan fingerprint density at radius 3 is 2.53 bits per heavy atom. The Morgan fingerprint density at radius 2 is 1.81 bits per heavy atom. The van der Waals surface area contributed by atoms with Crippen molar-refractivity contribution in [2.24, 2.45) is 0 Å². The number of amides is 1. The number of carbonyl (C=O) groups excluding carboxylic acids is 2. The number of hydrogen-bond donors (Lipinski definition) is 1. The van der Waals surface area contributed by atoms with Crippen molar-refractivity contribution in [3.05, 3.63) is 82.2 Å². The third-order valence-electron chi connectivity index (χ3n) is 4.96. The molecule has 0 saturated carbocycles. The van der Waals surface area contributed by atoms with Gasteiger partial charge in [-0.05, 0) is 49.0 Å². The van der Waals surface area contributed by atoms with Crippen LogP contribution >= 0.6 is 0 Å². The van der Waals surface area contributed by atoms with Gasteiger partial charge in [0.1, 0.15) is 12.2 Å². The summed E-state index contributed by atoms with van der Waals surface area (Å²) in [5.74, 6) is -1.03. The van der Waals surface area contributed by atoms with Crippen molar-refractivity contribution in [1.82, 2.24) is 4.90 Å². The van der Waals surface area contributed by atoms with Crippen molar-refractivity contribution in [1.29, 1.82) is 0 Å². The van der Waals surface area contributed by atoms with Gasteiger partial charge < -0.3 is 19.4 Å². The molecule has 0 radical (unpaired) electrons. The number of esters is 1. The molecule has 0 aliphatic heterocycles. The zero-order valence-electron chi connectivity index (χ0n) is 18.2. The summed E-state index contributed by atoms with van der Waals surface area (Å²) >= 11 is 0. The molecule has 0 atom stereocenters. The van der Waals surface area contributed by atoms with E-state index in [0.29, 0.717) is 29.8 Å². The number of ether oxygens (including phenoxy) is 1. The molecule has 0 aliphatic rings. The molecule has 0 bridgehead atoms. The van der Waals surface area contributed by atoms with E-state index in [1.54, 1.807) is 48.5 Å². The van der Waals surface area contributed by atoms with Crippen LogP contribution in [0, 0.1) is 0 Å². The second-order valence-corrected chi connectivity index (χ2v) is 7.08. The van der Waals surface area contributed by atoms with Crippen molar-refractivity contribution < 1.29 is 18.7 Å². The van der Waals surface area contributed by atoms with Crippen LogP contribution in [0.1, 0.15) is 30.0 Å². The first-order chi connectivity index (χ1) is 15.5. The molecular weight excluding hydrogens is 408 g/mol. The first-order valence-electron chi connectivity index (χ1n) is 10.5. The Balaban J connectivity index is 1.68. The lowest BCUT2D eigenvalue weighted by Crippen LogP contribution is -2.27. The van der Waals surface area contributed by atoms with Gasteiger partial charge in [0, 0.05) is 24.4 Å². The van der Waals surface area contributed by atoms with Crippen molar-refractivity contribution in [2.75, 3.05) is 31.6 Å². The lowest BCUT2D eigenvalue weighted by atomic mass is 10.1. The van der Waals surface area contributed by atoms with Gasteiger partial charge in [-0.2, -0.15) is 0 Å². The van der Waals surface area contributed by atoms with E-state index >= 15 is 0 Å². The van der Waals surface area contributed by atoms with Gasteiger partial charge in [0.15, 0.2) is 11.2 Å². The summed E-state index contributed by atoms with van der Waals surface area (Å²) in [6.45, 7) is 6.92. The van der Waals surface area contributed by atoms with Crippen LogP contribution < -0.4 is 10.7 Å². The van der Waals surface area contributed by atoms with E-state index in [0.717, 1.165) is 19.2 Å². The Hall–Kier alpha value is -3.71. The smallest absolute Gasteiger partial charge is 0.330 e. The van der Waals surface area contributed by atoms with E-state index in [1.165, 1.54) is 6.08 Å². The zero-order chi connectivity index (χ0) is 22.9. The van der Waals surface area contributed by atoms with E-state index < -0.39 is 11.9 Å². The van der Waals surface area contributed by atoms with Gasteiger partial charge in [-0.25, -0.2) is 4.79 Å². The largest absolute Gasteiger partial charge is 0.461 e. The molecule has 0 aliphatic carbocycles. The van der Waals surface area contributed by atoms with Gasteiger partial charge in [0.2, 0.25) is 0 Å². The van der Waals surface area contributed by atoms with Crippen LogP contribution in [0.15, 0.2) is 69.9 Å². The van der Waals surface area contributed by atoms with E-state index in [2.05, 4.69) is 24.1 Å². The van der Waals surface area contributed by atoms with Gasteiger partial charge in [-0.3, -0.25) is 9.59 Å². The third-order valence-corrected chi connectivity index (χ3v) is 4.96. The quantitative estimate of drug-likeness (QED) is 0.405. The Labute approximate surface area is 186 Å². The number of nitrogens with zero attached hydrogens (tertiary/aromatic N) is 1. The lowest BCUT2D eigenvalue weighted by Gasteiger charge is -2.16. The number of benzene rings is 2. The molecule has 0 unspecified atom stereocenters. The number of nitrogens with one attached hydrogen (secondary N) is 1. The van der Waals surface area contributed by atoms with Crippen LogP contribution in [0.3, 0.4) is 0 Å². The Kier molecular flexibility index (Phi) is 7.94. The van der Waals surface area contributed by atoms with Crippen LogP contribution in [-0.4, -0.2) is 43.0 Å². The van der Waals surface area contributed by atoms with Crippen molar-refractivity contribution in [3.8, 4) is 0 Å². The Bertz CT molecular complexity index is 1160. The highest BCUT2D eigenvalue weighted by molar-refractivity contribution is 6.03. The molecule has 2 aromatic carbocycles. The molecule has 3 aromatic rings. The summed E-state index contributed by atoms with van der Waals surface area (Å²) in [6.07, 6.45) is 2.90. The van der Waals surface area contributed by atoms with Crippen molar-refractivity contribution >= 4 is 34.6 Å². The van der Waals surface area contributed by atoms with Gasteiger partial charge in [0.05, 0.1) is 5.39 Å². The standard InChI is InChI=1S/C25H26N2O5/c1-3-27(4-2)14-15-31-24(29)13-11-18-10-12-22-20(16-18)21(28)17-23(32-22)25(30)26-19-8-6-5-7-9-19/h5-13,16-17H,3-4,14-15H2,1-2H3,(H,26,30)/b13-11+. The van der Waals surface area contributed by atoms with Crippen molar-refractivity contribution in [3.63, 3.8) is 0 Å². The fraction of sp³-hybridized carbons (Fsp3) is 0.240. The molecule has 1 heterocycles. The molecule has 0 spiro atoms. The number of anilines is 1. The summed E-state index contributed by atoms with van der Waals surface area (Å²) < 4.78 is 10.8. The molecule has 0 saturated heterocycles. The summed E-state index contributed by atoms with van der Waals surface area (Å²) in [5.41, 5.74) is 1.19. The fourth-order valence-corrected chi connectivity index (χ4v) is 3.13. The second kappa shape index (κ2) is 11.1. The molecule has 1 aromatic heterocycles. The minimum Gasteiger partial charge on any atom is -0.461 e. The lowest BCUT2D eigenvalue weighted by molar-refractivity contribution is -0.138. The van der Waals surface area contributed by atoms with Crippen LogP contribution in [0.4, 0.5) is 5.69 Å². The number of para-hydroxylation sites is 1. The highest BCUT2D eigenvalue weighted by atomic mass is 16.5. The summed E-state index contributed by atoms with van der Waals surface area (Å²) in [5, 5.41) is 3.01. The van der Waals surface area contributed by atoms with Gasteiger partial charge >= 0.3 is 5.97 Å². The van der Waals surface area contributed by atoms with Gasteiger partial charge in [-0.1, -0.05) is 38.1 Å². The third kappa shape index (κ3) is 6.15. The van der Waals surface area contributed by atoms with E-state index in [1.807, 2.05) is 6.07 Å². The molecule has 1 N–H and O–H groups in total. The number of rotatable bonds is 9. The minimum absolute atomic E-state index is 0.0774. The van der Waals surface area contributed by atoms with Crippen LogP contribution in [-0.2, 0) is 9.53 Å². The molecule has 166 valence electrons. The topological polar surface area (TPSA) is 88.8 Å². The molecular formula is C25H26N2O5. The van der Waals surface area contributed by atoms with Crippen molar-refractivity contribution in [2.45, 2.75) is 13.8 Å². The number of hydrogen-bond acceptors (Lipinski definition) is 6. The highest BCUT2D eigenvalue weighted by Crippen LogP contribution is 2.17. The molecule has 7 heteroatoms. The average molecular weight is 434 g/mol. The van der Waals surface area contributed by atoms with Crippen LogP contribution in [0.2, 0.25) is 0 Å². The van der Waals surface area contributed by atoms with Crippen LogP contribution in [0.5, 0.6) is 0 Å². The first kappa shape index (κ1) is 23.0. The minimum atomic E-state index is -0.508. The normalized spacial score (nSPS) is 11.2. The van der Waals surface area contributed by atoms with E-state index in [4.69, 9.17) is 9.15 Å². The number of likely N-dealkylation sites (N-methyl/N-ethyl adjacent to an activating group) is 1. The SMILES string of the molecule is CCN(CC)CCOC(=O)/C=C/c1ccc2oc(C(=O)Nc3ccccc3)cc(=O)c2c1. The molecule has 1 amide bonds. The molecule has 7 nitrogen and oxygen atoms in total. The first-order valence-corrected chi connectivity index (χ1v) is 10.5. The fourth-order valence-electron chi connectivity index (χ4n) is 3.13. The summed E-state index contributed by atoms with van der Waals surface area (Å²) in [6, 6.07) is 15.0. The predicted molar refractivity (Wildman–Crippen MR) is 125 cm³/mol. The van der Waals surface area contributed by atoms with E-state index in [9.17, 15) is 14.4 Å². The average Bonchev–Trinajstić information content (AvgIpc) is 2.81. The monoisotopic (exact) mass is 434 g/mol. The number of carbonyl (C=O) groups is 2. The molecule has 0 fully saturated rings. The number of fused-ring (bicyclic) bond motifs is 1. The second-order valence-electron chi connectivity index (χ2n) is 7.08. The highest BCUT2D eigenvalue weighted by Gasteiger charge is 2.13. The molecule has 3 rings (SSSR count). The van der Waals surface area contributed by atoms with Gasteiger partial charge in [0.25, 0.3) is 5.91 Å². The molecule has 32 heavy (non-hydrogen) atoms. The zero-order valence-corrected chi connectivity index (χ0v) is 18.2.